The number of hydrogen-bond donors (Lipinski definition) is 2. The van der Waals surface area contributed by atoms with Crippen LogP contribution in [-0.4, -0.2) is 24.5 Å². The molecule has 0 spiro atoms. The monoisotopic (exact) mass is 382 g/mol. The number of guanidine groups is 1. The first kappa shape index (κ1) is 19.2. The second kappa shape index (κ2) is 8.39. The zero-order valence-corrected chi connectivity index (χ0v) is 17.1. The number of thiophene rings is 1. The Hall–Kier alpha value is -2.60. The van der Waals surface area contributed by atoms with Crippen LogP contribution >= 0.6 is 11.3 Å². The molecule has 5 nitrogen and oxygen atoms in total. The van der Waals surface area contributed by atoms with Gasteiger partial charge in [-0.1, -0.05) is 37.6 Å². The summed E-state index contributed by atoms with van der Waals surface area (Å²) in [6, 6.07) is 12.4. The van der Waals surface area contributed by atoms with Gasteiger partial charge in [-0.05, 0) is 30.5 Å². The Morgan fingerprint density at radius 2 is 1.96 bits per heavy atom. The molecular formula is C21H26N4OS. The van der Waals surface area contributed by atoms with E-state index >= 15 is 0 Å². The summed E-state index contributed by atoms with van der Waals surface area (Å²) >= 11 is 1.78. The number of benzene rings is 1. The van der Waals surface area contributed by atoms with Gasteiger partial charge >= 0.3 is 0 Å². The molecule has 0 saturated heterocycles. The van der Waals surface area contributed by atoms with Gasteiger partial charge in [-0.3, -0.25) is 4.99 Å². The van der Waals surface area contributed by atoms with Gasteiger partial charge in [0.1, 0.15) is 6.26 Å². The fourth-order valence-corrected chi connectivity index (χ4v) is 3.52. The lowest BCUT2D eigenvalue weighted by Crippen LogP contribution is -2.43. The van der Waals surface area contributed by atoms with Crippen LogP contribution in [-0.2, 0) is 12.0 Å². The van der Waals surface area contributed by atoms with Crippen LogP contribution in [0.25, 0.3) is 11.5 Å². The summed E-state index contributed by atoms with van der Waals surface area (Å²) < 4.78 is 5.61. The molecule has 0 amide bonds. The summed E-state index contributed by atoms with van der Waals surface area (Å²) in [5.41, 5.74) is 3.07. The largest absolute Gasteiger partial charge is 0.444 e. The van der Waals surface area contributed by atoms with Crippen molar-refractivity contribution in [1.29, 1.82) is 0 Å². The van der Waals surface area contributed by atoms with E-state index in [1.165, 1.54) is 10.4 Å². The van der Waals surface area contributed by atoms with Crippen LogP contribution in [0.3, 0.4) is 0 Å². The van der Waals surface area contributed by atoms with Crippen molar-refractivity contribution in [3.63, 3.8) is 0 Å². The summed E-state index contributed by atoms with van der Waals surface area (Å²) in [5, 5.41) is 8.81. The Morgan fingerprint density at radius 1 is 1.19 bits per heavy atom. The van der Waals surface area contributed by atoms with E-state index in [1.54, 1.807) is 24.6 Å². The van der Waals surface area contributed by atoms with Crippen LogP contribution in [0.1, 0.15) is 30.0 Å². The van der Waals surface area contributed by atoms with Crippen molar-refractivity contribution in [2.24, 2.45) is 4.99 Å². The predicted octanol–water partition coefficient (Wildman–Crippen LogP) is 4.35. The highest BCUT2D eigenvalue weighted by molar-refractivity contribution is 7.10. The topological polar surface area (TPSA) is 62.5 Å². The third-order valence-corrected chi connectivity index (χ3v) is 5.63. The quantitative estimate of drug-likeness (QED) is 0.491. The van der Waals surface area contributed by atoms with Gasteiger partial charge in [0, 0.05) is 29.4 Å². The molecule has 0 radical (unpaired) electrons. The Morgan fingerprint density at radius 3 is 2.63 bits per heavy atom. The first-order valence-corrected chi connectivity index (χ1v) is 9.86. The van der Waals surface area contributed by atoms with Gasteiger partial charge in [0.05, 0.1) is 12.2 Å². The fourth-order valence-electron chi connectivity index (χ4n) is 2.67. The van der Waals surface area contributed by atoms with Gasteiger partial charge in [-0.25, -0.2) is 4.98 Å². The highest BCUT2D eigenvalue weighted by atomic mass is 32.1. The van der Waals surface area contributed by atoms with Crippen LogP contribution in [0.5, 0.6) is 0 Å². The molecule has 1 aromatic carbocycles. The molecule has 0 bridgehead atoms. The van der Waals surface area contributed by atoms with Gasteiger partial charge < -0.3 is 15.1 Å². The van der Waals surface area contributed by atoms with Gasteiger partial charge in [0.25, 0.3) is 0 Å². The Bertz CT molecular complexity index is 879. The van der Waals surface area contributed by atoms with Gasteiger partial charge in [0.2, 0.25) is 5.89 Å². The maximum atomic E-state index is 5.61. The molecule has 2 heterocycles. The molecule has 0 saturated carbocycles. The maximum Gasteiger partial charge on any atom is 0.226 e. The van der Waals surface area contributed by atoms with E-state index in [0.29, 0.717) is 12.4 Å². The lowest BCUT2D eigenvalue weighted by atomic mass is 9.91. The molecule has 27 heavy (non-hydrogen) atoms. The van der Waals surface area contributed by atoms with Crippen LogP contribution < -0.4 is 10.6 Å². The molecule has 3 rings (SSSR count). The van der Waals surface area contributed by atoms with Crippen molar-refractivity contribution in [2.45, 2.75) is 32.7 Å². The molecule has 0 unspecified atom stereocenters. The minimum atomic E-state index is 0.0400. The van der Waals surface area contributed by atoms with Crippen molar-refractivity contribution >= 4 is 17.3 Å². The molecule has 0 aliphatic rings. The van der Waals surface area contributed by atoms with Gasteiger partial charge in [0.15, 0.2) is 5.96 Å². The van der Waals surface area contributed by atoms with Crippen LogP contribution in [0, 0.1) is 6.92 Å². The summed E-state index contributed by atoms with van der Waals surface area (Å²) in [4.78, 5) is 10.2. The van der Waals surface area contributed by atoms with Crippen LogP contribution in [0.2, 0.25) is 0 Å². The number of oxazole rings is 1. The number of aromatic nitrogens is 1. The van der Waals surface area contributed by atoms with E-state index in [9.17, 15) is 0 Å². The van der Waals surface area contributed by atoms with Gasteiger partial charge in [-0.15, -0.1) is 11.3 Å². The average molecular weight is 383 g/mol. The smallest absolute Gasteiger partial charge is 0.226 e. The van der Waals surface area contributed by atoms with Crippen molar-refractivity contribution in [2.75, 3.05) is 13.6 Å². The van der Waals surface area contributed by atoms with E-state index in [0.717, 1.165) is 23.8 Å². The second-order valence-corrected chi connectivity index (χ2v) is 8.10. The molecule has 0 fully saturated rings. The Balaban J connectivity index is 1.55. The van der Waals surface area contributed by atoms with E-state index in [1.807, 2.05) is 12.1 Å². The summed E-state index contributed by atoms with van der Waals surface area (Å²) in [6.45, 7) is 7.86. The zero-order valence-electron chi connectivity index (χ0n) is 16.2. The minimum Gasteiger partial charge on any atom is -0.444 e. The van der Waals surface area contributed by atoms with E-state index < -0.39 is 0 Å². The molecule has 2 N–H and O–H groups in total. The molecule has 3 aromatic rings. The van der Waals surface area contributed by atoms with E-state index in [4.69, 9.17) is 4.42 Å². The average Bonchev–Trinajstić information content (AvgIpc) is 3.35. The van der Waals surface area contributed by atoms with Crippen molar-refractivity contribution < 1.29 is 4.42 Å². The molecular weight excluding hydrogens is 356 g/mol. The molecule has 142 valence electrons. The van der Waals surface area contributed by atoms with E-state index in [2.05, 4.69) is 71.0 Å². The number of hydrogen-bond acceptors (Lipinski definition) is 4. The Kier molecular flexibility index (Phi) is 5.96. The Labute approximate surface area is 164 Å². The summed E-state index contributed by atoms with van der Waals surface area (Å²) in [7, 11) is 1.77. The van der Waals surface area contributed by atoms with Crippen molar-refractivity contribution in [1.82, 2.24) is 15.6 Å². The fraction of sp³-hybridized carbons (Fsp3) is 0.333. The SMILES string of the molecule is CN=C(NCc1coc(-c2ccc(C)cc2)n1)NCC(C)(C)c1cccs1. The minimum absolute atomic E-state index is 0.0400. The third-order valence-electron chi connectivity index (χ3n) is 4.40. The normalized spacial score (nSPS) is 12.2. The first-order valence-electron chi connectivity index (χ1n) is 8.98. The number of nitrogens with one attached hydrogen (secondary N) is 2. The van der Waals surface area contributed by atoms with Gasteiger partial charge in [-0.2, -0.15) is 0 Å². The lowest BCUT2D eigenvalue weighted by Gasteiger charge is -2.24. The summed E-state index contributed by atoms with van der Waals surface area (Å²) in [6.07, 6.45) is 1.69. The standard InChI is InChI=1S/C21H26N4OS/c1-15-7-9-16(10-8-15)19-25-17(13-26-19)12-23-20(22-4)24-14-21(2,3)18-6-5-11-27-18/h5-11,13H,12,14H2,1-4H3,(H2,22,23,24). The second-order valence-electron chi connectivity index (χ2n) is 7.15. The molecule has 2 aromatic heterocycles. The van der Waals surface area contributed by atoms with Crippen molar-refractivity contribution in [3.8, 4) is 11.5 Å². The van der Waals surface area contributed by atoms with Crippen LogP contribution in [0.4, 0.5) is 0 Å². The number of rotatable bonds is 6. The molecule has 6 heteroatoms. The lowest BCUT2D eigenvalue weighted by molar-refractivity contribution is 0.518. The zero-order chi connectivity index (χ0) is 19.3. The number of aliphatic imine (C=N–C) groups is 1. The molecule has 0 atom stereocenters. The van der Waals surface area contributed by atoms with Crippen molar-refractivity contribution in [3.05, 3.63) is 64.2 Å². The third kappa shape index (κ3) is 4.98. The predicted molar refractivity (Wildman–Crippen MR) is 112 cm³/mol. The summed E-state index contributed by atoms with van der Waals surface area (Å²) in [5.74, 6) is 1.38. The van der Waals surface area contributed by atoms with E-state index in [-0.39, 0.29) is 5.41 Å². The number of nitrogens with zero attached hydrogens (tertiary/aromatic N) is 2. The molecule has 0 aliphatic heterocycles. The van der Waals surface area contributed by atoms with Crippen LogP contribution in [0.15, 0.2) is 57.5 Å². The maximum absolute atomic E-state index is 5.61. The molecule has 0 aliphatic carbocycles. The highest BCUT2D eigenvalue weighted by Crippen LogP contribution is 2.26. The first-order chi connectivity index (χ1) is 13.0. The highest BCUT2D eigenvalue weighted by Gasteiger charge is 2.22. The number of aryl methyl sites for hydroxylation is 1.